The maximum Gasteiger partial charge on any atom is 0.418 e. The van der Waals surface area contributed by atoms with Crippen molar-refractivity contribution in [2.45, 2.75) is 81.5 Å². The number of rotatable bonds is 6. The summed E-state index contributed by atoms with van der Waals surface area (Å²) in [4.78, 5) is 51.7. The zero-order chi connectivity index (χ0) is 34.6. The third kappa shape index (κ3) is 6.91. The van der Waals surface area contributed by atoms with Crippen LogP contribution in [0.3, 0.4) is 0 Å². The predicted octanol–water partition coefficient (Wildman–Crippen LogP) is 4.51. The molecule has 0 spiro atoms. The van der Waals surface area contributed by atoms with E-state index < -0.39 is 29.5 Å². The topological polar surface area (TPSA) is 117 Å². The largest absolute Gasteiger partial charge is 0.418 e. The number of anilines is 2. The fraction of sp³-hybridized carbons (Fsp3) is 0.606. The first-order valence-corrected chi connectivity index (χ1v) is 18.2. The van der Waals surface area contributed by atoms with Crippen LogP contribution >= 0.6 is 22.9 Å². The number of nitrogens with one attached hydrogen (secondary N) is 2. The van der Waals surface area contributed by atoms with Gasteiger partial charge in [-0.3, -0.25) is 9.69 Å². The number of benzene rings is 1. The van der Waals surface area contributed by atoms with Crippen molar-refractivity contribution in [1.82, 2.24) is 29.8 Å². The van der Waals surface area contributed by atoms with Crippen molar-refractivity contribution >= 4 is 52.3 Å². The smallest absolute Gasteiger partial charge is 0.397 e. The Hall–Kier alpha value is -3.27. The molecule has 266 valence electrons. The number of nitrogens with two attached hydrogens (primary N) is 1. The molecule has 3 atom stereocenters. The molecule has 0 saturated carbocycles. The molecule has 2 bridgehead atoms. The van der Waals surface area contributed by atoms with Gasteiger partial charge in [-0.15, -0.1) is 11.3 Å². The lowest BCUT2D eigenvalue weighted by Gasteiger charge is -2.43. The third-order valence-electron chi connectivity index (χ3n) is 11.1. The molecule has 1 aromatic carbocycles. The summed E-state index contributed by atoms with van der Waals surface area (Å²) >= 11 is 7.72. The lowest BCUT2D eigenvalue weighted by Crippen LogP contribution is -2.58. The van der Waals surface area contributed by atoms with Gasteiger partial charge in [0.05, 0.1) is 28.5 Å². The van der Waals surface area contributed by atoms with E-state index in [-0.39, 0.29) is 35.0 Å². The Bertz CT molecular complexity index is 1590. The lowest BCUT2D eigenvalue weighted by molar-refractivity contribution is -0.137. The van der Waals surface area contributed by atoms with Gasteiger partial charge in [-0.2, -0.15) is 13.2 Å². The van der Waals surface area contributed by atoms with Gasteiger partial charge in [0.25, 0.3) is 0 Å². The van der Waals surface area contributed by atoms with Crippen LogP contribution in [-0.2, 0) is 23.9 Å². The van der Waals surface area contributed by atoms with Crippen LogP contribution in [0.5, 0.6) is 0 Å². The molecule has 5 aliphatic rings. The number of hydrogen-bond donors (Lipinski definition) is 3. The number of thiophene rings is 1. The van der Waals surface area contributed by atoms with Crippen molar-refractivity contribution in [3.05, 3.63) is 44.6 Å². The van der Waals surface area contributed by atoms with Crippen molar-refractivity contribution < 1.29 is 27.6 Å². The van der Waals surface area contributed by atoms with Gasteiger partial charge in [0, 0.05) is 74.7 Å². The lowest BCUT2D eigenvalue weighted by atomic mass is 9.98. The number of nitrogen functional groups attached to an aromatic ring is 1. The van der Waals surface area contributed by atoms with E-state index in [1.807, 2.05) is 11.4 Å². The SMILES string of the molecule is CN1CC2CC1CN2C1CCN(C(=O)[C@@H](Cc2cc(Cl)c(N)c(C(F)(F)F)c2)NC(=O)N2CCC(N3Cc4sccc4NC3=O)CC2)CC1. The Balaban J connectivity index is 1.02. The van der Waals surface area contributed by atoms with E-state index in [9.17, 15) is 27.6 Å². The van der Waals surface area contributed by atoms with Crippen molar-refractivity contribution in [1.29, 1.82) is 0 Å². The van der Waals surface area contributed by atoms with Gasteiger partial charge in [0.15, 0.2) is 0 Å². The number of nitrogens with zero attached hydrogens (tertiary/aromatic N) is 5. The molecule has 0 radical (unpaired) electrons. The van der Waals surface area contributed by atoms with Crippen molar-refractivity contribution in [3.63, 3.8) is 0 Å². The Morgan fingerprint density at radius 3 is 2.39 bits per heavy atom. The molecule has 4 fully saturated rings. The molecule has 49 heavy (non-hydrogen) atoms. The summed E-state index contributed by atoms with van der Waals surface area (Å²) in [6.45, 7) is 4.34. The molecule has 7 rings (SSSR count). The quantitative estimate of drug-likeness (QED) is 0.378. The molecule has 2 unspecified atom stereocenters. The summed E-state index contributed by atoms with van der Waals surface area (Å²) in [5, 5.41) is 7.48. The van der Waals surface area contributed by atoms with E-state index in [0.717, 1.165) is 42.6 Å². The molecule has 5 amide bonds. The van der Waals surface area contributed by atoms with Crippen LogP contribution < -0.4 is 16.4 Å². The number of amides is 5. The summed E-state index contributed by atoms with van der Waals surface area (Å²) in [5.41, 5.74) is 5.01. The second kappa shape index (κ2) is 13.5. The summed E-state index contributed by atoms with van der Waals surface area (Å²) in [7, 11) is 2.17. The normalized spacial score (nSPS) is 24.7. The molecule has 11 nitrogen and oxygen atoms in total. The number of carbonyl (C=O) groups is 3. The number of alkyl halides is 3. The first kappa shape index (κ1) is 34.2. The number of hydrogen-bond acceptors (Lipinski definition) is 7. The van der Waals surface area contributed by atoms with Gasteiger partial charge in [-0.05, 0) is 68.3 Å². The molecular formula is C33H42ClF3N8O3S. The highest BCUT2D eigenvalue weighted by atomic mass is 35.5. The Morgan fingerprint density at radius 1 is 1.04 bits per heavy atom. The Labute approximate surface area is 292 Å². The fourth-order valence-corrected chi connectivity index (χ4v) is 9.42. The van der Waals surface area contributed by atoms with Gasteiger partial charge < -0.3 is 36.0 Å². The average Bonchev–Trinajstić information content (AvgIpc) is 3.80. The van der Waals surface area contributed by atoms with Crippen LogP contribution in [0.25, 0.3) is 0 Å². The van der Waals surface area contributed by atoms with Crippen LogP contribution in [0.15, 0.2) is 23.6 Å². The third-order valence-corrected chi connectivity index (χ3v) is 12.3. The second-order valence-corrected chi connectivity index (χ2v) is 15.4. The monoisotopic (exact) mass is 722 g/mol. The minimum Gasteiger partial charge on any atom is -0.397 e. The molecule has 5 aliphatic heterocycles. The maximum absolute atomic E-state index is 14.1. The molecule has 4 N–H and O–H groups in total. The van der Waals surface area contributed by atoms with Gasteiger partial charge in [0.2, 0.25) is 5.91 Å². The zero-order valence-corrected chi connectivity index (χ0v) is 28.9. The maximum atomic E-state index is 14.1. The summed E-state index contributed by atoms with van der Waals surface area (Å²) in [5.74, 6) is -0.331. The van der Waals surface area contributed by atoms with Crippen LogP contribution in [0.2, 0.25) is 5.02 Å². The Kier molecular flexibility index (Phi) is 9.39. The number of piperazine rings is 1. The van der Waals surface area contributed by atoms with Gasteiger partial charge in [-0.1, -0.05) is 11.6 Å². The summed E-state index contributed by atoms with van der Waals surface area (Å²) in [6, 6.07) is 3.83. The zero-order valence-electron chi connectivity index (χ0n) is 27.3. The van der Waals surface area contributed by atoms with Crippen LogP contribution in [-0.4, -0.2) is 119 Å². The number of piperidine rings is 2. The van der Waals surface area contributed by atoms with E-state index in [4.69, 9.17) is 17.3 Å². The van der Waals surface area contributed by atoms with Gasteiger partial charge in [-0.25, -0.2) is 9.59 Å². The standard InChI is InChI=1S/C33H42ClF3N8O3S/c1-41-16-23-15-22(41)17-44(23)20-2-7-42(8-3-20)30(46)27(14-19-12-24(33(35,36)37)29(38)25(34)13-19)40-31(47)43-9-4-21(5-10-43)45-18-28-26(6-11-49-28)39-32(45)48/h6,11-13,20-23,27H,2-5,7-10,14-18,38H2,1H3,(H,39,48)(H,40,47)/t22?,23?,27-/m1/s1. The van der Waals surface area contributed by atoms with Crippen molar-refractivity contribution in [2.75, 3.05) is 57.4 Å². The Morgan fingerprint density at radius 2 is 1.73 bits per heavy atom. The highest BCUT2D eigenvalue weighted by Gasteiger charge is 2.45. The first-order valence-electron chi connectivity index (χ1n) is 16.9. The fourth-order valence-electron chi connectivity index (χ4n) is 8.35. The van der Waals surface area contributed by atoms with E-state index in [1.54, 1.807) is 26.0 Å². The van der Waals surface area contributed by atoms with E-state index in [2.05, 4.69) is 27.5 Å². The van der Waals surface area contributed by atoms with Crippen molar-refractivity contribution in [3.8, 4) is 0 Å². The molecule has 4 saturated heterocycles. The van der Waals surface area contributed by atoms with E-state index in [0.29, 0.717) is 63.7 Å². The number of fused-ring (bicyclic) bond motifs is 3. The number of likely N-dealkylation sites (N-methyl/N-ethyl adjacent to an activating group) is 1. The minimum absolute atomic E-state index is 0.0537. The van der Waals surface area contributed by atoms with E-state index in [1.165, 1.54) is 12.5 Å². The van der Waals surface area contributed by atoms with Gasteiger partial charge >= 0.3 is 18.2 Å². The van der Waals surface area contributed by atoms with E-state index >= 15 is 0 Å². The number of likely N-dealkylation sites (tertiary alicyclic amines) is 4. The predicted molar refractivity (Wildman–Crippen MR) is 181 cm³/mol. The second-order valence-electron chi connectivity index (χ2n) is 14.0. The minimum atomic E-state index is -4.74. The molecule has 0 aliphatic carbocycles. The molecule has 1 aromatic heterocycles. The molecular weight excluding hydrogens is 681 g/mol. The van der Waals surface area contributed by atoms with Gasteiger partial charge in [0.1, 0.15) is 6.04 Å². The number of urea groups is 2. The number of halogens is 4. The van der Waals surface area contributed by atoms with Crippen LogP contribution in [0.1, 0.15) is 48.1 Å². The highest BCUT2D eigenvalue weighted by Crippen LogP contribution is 2.39. The molecule has 6 heterocycles. The van der Waals surface area contributed by atoms with Crippen molar-refractivity contribution in [2.24, 2.45) is 0 Å². The first-order chi connectivity index (χ1) is 23.4. The molecule has 16 heteroatoms. The van der Waals surface area contributed by atoms with Crippen LogP contribution in [0.4, 0.5) is 34.1 Å². The van der Waals surface area contributed by atoms with Crippen LogP contribution in [0, 0.1) is 0 Å². The summed E-state index contributed by atoms with van der Waals surface area (Å²) < 4.78 is 41.4. The number of carbonyl (C=O) groups excluding carboxylic acids is 3. The molecule has 2 aromatic rings. The summed E-state index contributed by atoms with van der Waals surface area (Å²) in [6.07, 6.45) is -1.02. The highest BCUT2D eigenvalue weighted by molar-refractivity contribution is 7.10. The average molecular weight is 723 g/mol.